The van der Waals surface area contributed by atoms with Crippen LogP contribution < -0.4 is 9.47 Å². The second-order valence-corrected chi connectivity index (χ2v) is 4.92. The second-order valence-electron chi connectivity index (χ2n) is 4.92. The van der Waals surface area contributed by atoms with Crippen LogP contribution in [0.4, 0.5) is 4.39 Å². The van der Waals surface area contributed by atoms with Gasteiger partial charge >= 0.3 is 0 Å². The van der Waals surface area contributed by atoms with Gasteiger partial charge in [0.15, 0.2) is 11.6 Å². The van der Waals surface area contributed by atoms with Crippen molar-refractivity contribution in [1.82, 2.24) is 4.98 Å². The van der Waals surface area contributed by atoms with E-state index >= 15 is 0 Å². The van der Waals surface area contributed by atoms with Crippen LogP contribution in [0.5, 0.6) is 17.4 Å². The maximum absolute atomic E-state index is 14.3. The number of carbonyl (C=O) groups is 1. The molecule has 0 spiro atoms. The quantitative estimate of drug-likeness (QED) is 0.659. The lowest BCUT2D eigenvalue weighted by atomic mass is 10.0. The van der Waals surface area contributed by atoms with Gasteiger partial charge in [0.05, 0.1) is 18.2 Å². The first-order valence-electron chi connectivity index (χ1n) is 7.26. The zero-order chi connectivity index (χ0) is 16.9. The predicted molar refractivity (Wildman–Crippen MR) is 87.1 cm³/mol. The van der Waals surface area contributed by atoms with Crippen molar-refractivity contribution in [3.8, 4) is 17.4 Å². The van der Waals surface area contributed by atoms with Crippen molar-refractivity contribution in [2.24, 2.45) is 0 Å². The van der Waals surface area contributed by atoms with E-state index in [1.807, 2.05) is 0 Å². The smallest absolute Gasteiger partial charge is 0.219 e. The van der Waals surface area contributed by atoms with Crippen LogP contribution in [-0.2, 0) is 0 Å². The molecule has 0 unspecified atom stereocenters. The summed E-state index contributed by atoms with van der Waals surface area (Å²) in [6.45, 7) is 0. The summed E-state index contributed by atoms with van der Waals surface area (Å²) >= 11 is 0. The van der Waals surface area contributed by atoms with E-state index in [0.29, 0.717) is 11.3 Å². The third-order valence-corrected chi connectivity index (χ3v) is 3.41. The monoisotopic (exact) mass is 323 g/mol. The lowest BCUT2D eigenvalue weighted by Crippen LogP contribution is -2.07. The Morgan fingerprint density at radius 3 is 2.46 bits per heavy atom. The molecular weight excluding hydrogens is 309 g/mol. The van der Waals surface area contributed by atoms with Gasteiger partial charge in [-0.1, -0.05) is 24.3 Å². The number of hydrogen-bond acceptors (Lipinski definition) is 4. The fourth-order valence-electron chi connectivity index (χ4n) is 2.28. The second kappa shape index (κ2) is 6.91. The van der Waals surface area contributed by atoms with Crippen molar-refractivity contribution >= 4 is 5.78 Å². The highest BCUT2D eigenvalue weighted by molar-refractivity contribution is 6.12. The minimum atomic E-state index is -0.638. The normalized spacial score (nSPS) is 10.2. The van der Waals surface area contributed by atoms with Crippen LogP contribution in [0.2, 0.25) is 0 Å². The molecule has 0 radical (unpaired) electrons. The van der Waals surface area contributed by atoms with Crippen LogP contribution >= 0.6 is 0 Å². The molecule has 0 aliphatic heterocycles. The number of rotatable bonds is 5. The molecule has 0 saturated heterocycles. The molecule has 3 aromatic rings. The lowest BCUT2D eigenvalue weighted by Gasteiger charge is -2.12. The lowest BCUT2D eigenvalue weighted by molar-refractivity contribution is 0.103. The van der Waals surface area contributed by atoms with Gasteiger partial charge in [0.25, 0.3) is 0 Å². The molecule has 0 N–H and O–H groups in total. The largest absolute Gasteiger partial charge is 0.496 e. The van der Waals surface area contributed by atoms with Crippen molar-refractivity contribution in [2.45, 2.75) is 0 Å². The molecule has 0 bridgehead atoms. The number of hydrogen-bond donors (Lipinski definition) is 0. The van der Waals surface area contributed by atoms with Crippen molar-refractivity contribution in [3.05, 3.63) is 83.8 Å². The minimum absolute atomic E-state index is 0.102. The van der Waals surface area contributed by atoms with Gasteiger partial charge in [0.2, 0.25) is 11.7 Å². The number of carbonyl (C=O) groups excluding carboxylic acids is 1. The zero-order valence-electron chi connectivity index (χ0n) is 12.9. The van der Waals surface area contributed by atoms with Gasteiger partial charge in [-0.15, -0.1) is 0 Å². The summed E-state index contributed by atoms with van der Waals surface area (Å²) in [6.07, 6.45) is 1.53. The Balaban J connectivity index is 2.05. The Bertz CT molecular complexity index is 865. The predicted octanol–water partition coefficient (Wildman–Crippen LogP) is 4.25. The summed E-state index contributed by atoms with van der Waals surface area (Å²) < 4.78 is 25.0. The van der Waals surface area contributed by atoms with Crippen molar-refractivity contribution < 1.29 is 18.7 Å². The first-order valence-corrected chi connectivity index (χ1v) is 7.26. The van der Waals surface area contributed by atoms with Crippen molar-refractivity contribution in [3.63, 3.8) is 0 Å². The number of nitrogens with zero attached hydrogens (tertiary/aromatic N) is 1. The van der Waals surface area contributed by atoms with Crippen LogP contribution in [-0.4, -0.2) is 17.9 Å². The summed E-state index contributed by atoms with van der Waals surface area (Å²) in [5, 5.41) is 0. The van der Waals surface area contributed by atoms with E-state index in [4.69, 9.17) is 9.47 Å². The summed E-state index contributed by atoms with van der Waals surface area (Å²) in [5.41, 5.74) is 0.432. The van der Waals surface area contributed by atoms with Gasteiger partial charge in [-0.3, -0.25) is 4.79 Å². The highest BCUT2D eigenvalue weighted by atomic mass is 19.1. The van der Waals surface area contributed by atoms with E-state index in [9.17, 15) is 9.18 Å². The number of halogens is 1. The van der Waals surface area contributed by atoms with Gasteiger partial charge < -0.3 is 9.47 Å². The molecule has 0 aliphatic rings. The summed E-state index contributed by atoms with van der Waals surface area (Å²) in [5.74, 6) is -0.571. The van der Waals surface area contributed by atoms with Crippen LogP contribution in [0.3, 0.4) is 0 Å². The zero-order valence-corrected chi connectivity index (χ0v) is 12.9. The Labute approximate surface area is 138 Å². The standard InChI is InChI=1S/C19H14FNO3/c1-23-16-10-3-2-7-13(16)18(22)14-8-6-9-15(20)19(14)24-17-11-4-5-12-21-17/h2-12H,1H3. The Morgan fingerprint density at radius 2 is 1.71 bits per heavy atom. The minimum Gasteiger partial charge on any atom is -0.496 e. The van der Waals surface area contributed by atoms with Crippen LogP contribution in [0.1, 0.15) is 15.9 Å². The van der Waals surface area contributed by atoms with Crippen LogP contribution in [0.25, 0.3) is 0 Å². The van der Waals surface area contributed by atoms with E-state index in [2.05, 4.69) is 4.98 Å². The summed E-state index contributed by atoms with van der Waals surface area (Å²) in [7, 11) is 1.48. The molecule has 120 valence electrons. The van der Waals surface area contributed by atoms with E-state index in [1.54, 1.807) is 42.5 Å². The van der Waals surface area contributed by atoms with Gasteiger partial charge in [0, 0.05) is 12.3 Å². The number of ketones is 1. The third-order valence-electron chi connectivity index (χ3n) is 3.41. The van der Waals surface area contributed by atoms with Crippen LogP contribution in [0.15, 0.2) is 66.9 Å². The number of ether oxygens (including phenoxy) is 2. The van der Waals surface area contributed by atoms with E-state index in [0.717, 1.165) is 0 Å². The first-order chi connectivity index (χ1) is 11.7. The molecule has 4 nitrogen and oxygen atoms in total. The highest BCUT2D eigenvalue weighted by Gasteiger charge is 2.21. The molecule has 1 heterocycles. The van der Waals surface area contributed by atoms with E-state index in [-0.39, 0.29) is 17.2 Å². The van der Waals surface area contributed by atoms with Crippen molar-refractivity contribution in [1.29, 1.82) is 0 Å². The molecule has 24 heavy (non-hydrogen) atoms. The average Bonchev–Trinajstić information content (AvgIpc) is 2.63. The van der Waals surface area contributed by atoms with Gasteiger partial charge in [-0.2, -0.15) is 0 Å². The number of para-hydroxylation sites is 2. The first kappa shape index (κ1) is 15.7. The topological polar surface area (TPSA) is 48.4 Å². The number of benzene rings is 2. The molecule has 2 aromatic carbocycles. The molecule has 1 aromatic heterocycles. The number of pyridine rings is 1. The SMILES string of the molecule is COc1ccccc1C(=O)c1cccc(F)c1Oc1ccccn1. The van der Waals surface area contributed by atoms with Crippen molar-refractivity contribution in [2.75, 3.05) is 7.11 Å². The summed E-state index contributed by atoms with van der Waals surface area (Å²) in [4.78, 5) is 16.8. The Kier molecular flexibility index (Phi) is 4.52. The number of aromatic nitrogens is 1. The molecule has 3 rings (SSSR count). The molecule has 0 aliphatic carbocycles. The fraction of sp³-hybridized carbons (Fsp3) is 0.0526. The molecule has 0 atom stereocenters. The Hall–Kier alpha value is -3.21. The van der Waals surface area contributed by atoms with Gasteiger partial charge in [-0.25, -0.2) is 9.37 Å². The van der Waals surface area contributed by atoms with Gasteiger partial charge in [-0.05, 0) is 30.3 Å². The highest BCUT2D eigenvalue weighted by Crippen LogP contribution is 2.31. The maximum Gasteiger partial charge on any atom is 0.219 e. The van der Waals surface area contributed by atoms with E-state index in [1.165, 1.54) is 31.5 Å². The molecular formula is C19H14FNO3. The summed E-state index contributed by atoms with van der Waals surface area (Å²) in [6, 6.07) is 16.0. The molecule has 5 heteroatoms. The molecule has 0 amide bonds. The average molecular weight is 323 g/mol. The maximum atomic E-state index is 14.3. The number of methoxy groups -OCH3 is 1. The Morgan fingerprint density at radius 1 is 0.958 bits per heavy atom. The van der Waals surface area contributed by atoms with Gasteiger partial charge in [0.1, 0.15) is 5.75 Å². The fourth-order valence-corrected chi connectivity index (χ4v) is 2.28. The van der Waals surface area contributed by atoms with Crippen LogP contribution in [0, 0.1) is 5.82 Å². The van der Waals surface area contributed by atoms with E-state index < -0.39 is 11.6 Å². The molecule has 0 saturated carbocycles. The molecule has 0 fully saturated rings. The third kappa shape index (κ3) is 3.10.